The van der Waals surface area contributed by atoms with E-state index in [2.05, 4.69) is 33.0 Å². The average Bonchev–Trinajstić information content (AvgIpc) is 1.83. The molecule has 0 heterocycles. The highest BCUT2D eigenvalue weighted by molar-refractivity contribution is 6.31. The van der Waals surface area contributed by atoms with E-state index in [9.17, 15) is 0 Å². The monoisotopic (exact) mass is 112 g/mol. The Morgan fingerprint density at radius 1 is 1.12 bits per heavy atom. The van der Waals surface area contributed by atoms with Crippen LogP contribution in [0.25, 0.3) is 0 Å². The first kappa shape index (κ1) is 8.02. The Morgan fingerprint density at radius 2 is 1.62 bits per heavy atom. The van der Waals surface area contributed by atoms with Gasteiger partial charge in [-0.3, -0.25) is 0 Å². The molecular weight excluding hydrogens is 96.9 g/mol. The average molecular weight is 112 g/mol. The van der Waals surface area contributed by atoms with Crippen molar-refractivity contribution in [2.75, 3.05) is 13.1 Å². The molecule has 0 unspecified atom stereocenters. The van der Waals surface area contributed by atoms with Gasteiger partial charge < -0.3 is 4.81 Å². The zero-order valence-corrected chi connectivity index (χ0v) is 6.15. The van der Waals surface area contributed by atoms with Gasteiger partial charge in [-0.25, -0.2) is 0 Å². The minimum atomic E-state index is 1.14. The van der Waals surface area contributed by atoms with Gasteiger partial charge in [-0.1, -0.05) is 27.1 Å². The molecule has 2 heteroatoms. The van der Waals surface area contributed by atoms with Gasteiger partial charge in [0.05, 0.1) is 0 Å². The molecule has 0 rings (SSSR count). The second-order valence-electron chi connectivity index (χ2n) is 1.81. The second kappa shape index (κ2) is 5.17. The van der Waals surface area contributed by atoms with Crippen molar-refractivity contribution in [1.82, 2.24) is 4.81 Å². The minimum absolute atomic E-state index is 1.14. The molecule has 47 valence electrons. The molecule has 8 heavy (non-hydrogen) atoms. The first-order valence-electron chi connectivity index (χ1n) is 3.42. The van der Waals surface area contributed by atoms with Crippen molar-refractivity contribution >= 4 is 7.41 Å². The molecule has 0 aromatic carbocycles. The standard InChI is InChI=1S/C6H15BN/c1-4-7-8(5-2)6-3/h4-6H2,1-3H3. The van der Waals surface area contributed by atoms with Crippen molar-refractivity contribution in [3.05, 3.63) is 0 Å². The van der Waals surface area contributed by atoms with Crippen molar-refractivity contribution in [3.63, 3.8) is 0 Å². The topological polar surface area (TPSA) is 3.24 Å². The van der Waals surface area contributed by atoms with Crippen molar-refractivity contribution in [1.29, 1.82) is 0 Å². The Bertz CT molecular complexity index is 43.8. The van der Waals surface area contributed by atoms with Gasteiger partial charge in [0.25, 0.3) is 0 Å². The summed E-state index contributed by atoms with van der Waals surface area (Å²) < 4.78 is 0. The molecule has 0 amide bonds. The third-order valence-electron chi connectivity index (χ3n) is 1.25. The van der Waals surface area contributed by atoms with Crippen LogP contribution in [0.2, 0.25) is 6.32 Å². The van der Waals surface area contributed by atoms with Gasteiger partial charge in [-0.05, 0) is 13.1 Å². The van der Waals surface area contributed by atoms with E-state index in [4.69, 9.17) is 0 Å². The molecule has 0 aliphatic heterocycles. The van der Waals surface area contributed by atoms with Crippen LogP contribution in [0.1, 0.15) is 20.8 Å². The molecule has 0 aliphatic carbocycles. The molecule has 1 radical (unpaired) electrons. The third kappa shape index (κ3) is 3.08. The zero-order valence-electron chi connectivity index (χ0n) is 6.15. The molecule has 0 saturated carbocycles. The van der Waals surface area contributed by atoms with E-state index in [1.165, 1.54) is 0 Å². The van der Waals surface area contributed by atoms with Gasteiger partial charge in [-0.2, -0.15) is 0 Å². The molecule has 0 saturated heterocycles. The summed E-state index contributed by atoms with van der Waals surface area (Å²) in [5.74, 6) is 0. The Morgan fingerprint density at radius 3 is 1.75 bits per heavy atom. The second-order valence-corrected chi connectivity index (χ2v) is 1.81. The Kier molecular flexibility index (Phi) is 5.18. The normalized spacial score (nSPS) is 10.0. The summed E-state index contributed by atoms with van der Waals surface area (Å²) in [4.78, 5) is 2.31. The fraction of sp³-hybridized carbons (Fsp3) is 1.00. The van der Waals surface area contributed by atoms with Crippen LogP contribution in [-0.2, 0) is 0 Å². The highest BCUT2D eigenvalue weighted by Gasteiger charge is 1.95. The minimum Gasteiger partial charge on any atom is -0.347 e. The summed E-state index contributed by atoms with van der Waals surface area (Å²) in [6.45, 7) is 8.80. The lowest BCUT2D eigenvalue weighted by Crippen LogP contribution is -2.26. The Balaban J connectivity index is 3.07. The molecule has 0 bridgehead atoms. The van der Waals surface area contributed by atoms with Crippen LogP contribution in [0.5, 0.6) is 0 Å². The first-order chi connectivity index (χ1) is 3.85. The number of hydrogen-bond acceptors (Lipinski definition) is 1. The molecule has 0 aromatic rings. The molecule has 0 aliphatic rings. The maximum Gasteiger partial charge on any atom is 0.208 e. The third-order valence-corrected chi connectivity index (χ3v) is 1.25. The van der Waals surface area contributed by atoms with Gasteiger partial charge in [0.2, 0.25) is 7.41 Å². The molecule has 0 N–H and O–H groups in total. The van der Waals surface area contributed by atoms with E-state index in [-0.39, 0.29) is 0 Å². The van der Waals surface area contributed by atoms with E-state index >= 15 is 0 Å². The molecular formula is C6H15BN. The van der Waals surface area contributed by atoms with Gasteiger partial charge in [0.15, 0.2) is 0 Å². The van der Waals surface area contributed by atoms with Crippen molar-refractivity contribution in [2.24, 2.45) is 0 Å². The maximum absolute atomic E-state index is 2.31. The number of nitrogens with zero attached hydrogens (tertiary/aromatic N) is 1. The number of rotatable bonds is 4. The van der Waals surface area contributed by atoms with E-state index < -0.39 is 0 Å². The first-order valence-corrected chi connectivity index (χ1v) is 3.42. The van der Waals surface area contributed by atoms with Crippen molar-refractivity contribution < 1.29 is 0 Å². The lowest BCUT2D eigenvalue weighted by atomic mass is 9.87. The smallest absolute Gasteiger partial charge is 0.208 e. The molecule has 0 atom stereocenters. The largest absolute Gasteiger partial charge is 0.347 e. The molecule has 0 spiro atoms. The lowest BCUT2D eigenvalue weighted by Gasteiger charge is -2.14. The van der Waals surface area contributed by atoms with Crippen molar-refractivity contribution in [3.8, 4) is 0 Å². The highest BCUT2D eigenvalue weighted by atomic mass is 15.0. The van der Waals surface area contributed by atoms with E-state index in [1.807, 2.05) is 0 Å². The molecule has 0 aromatic heterocycles. The summed E-state index contributed by atoms with van der Waals surface area (Å²) in [7, 11) is 2.24. The zero-order chi connectivity index (χ0) is 6.41. The lowest BCUT2D eigenvalue weighted by molar-refractivity contribution is 0.492. The van der Waals surface area contributed by atoms with E-state index in [1.54, 1.807) is 0 Å². The van der Waals surface area contributed by atoms with Crippen LogP contribution in [0, 0.1) is 0 Å². The van der Waals surface area contributed by atoms with Gasteiger partial charge in [0, 0.05) is 0 Å². The number of hydrogen-bond donors (Lipinski definition) is 0. The van der Waals surface area contributed by atoms with Gasteiger partial charge in [0.1, 0.15) is 0 Å². The summed E-state index contributed by atoms with van der Waals surface area (Å²) in [5, 5.41) is 0. The fourth-order valence-electron chi connectivity index (χ4n) is 0.740. The maximum atomic E-state index is 2.31. The van der Waals surface area contributed by atoms with E-state index in [0.29, 0.717) is 0 Å². The summed E-state index contributed by atoms with van der Waals surface area (Å²) in [6, 6.07) is 0. The van der Waals surface area contributed by atoms with Crippen LogP contribution < -0.4 is 0 Å². The highest BCUT2D eigenvalue weighted by Crippen LogP contribution is 1.85. The molecule has 0 fully saturated rings. The predicted molar refractivity (Wildman–Crippen MR) is 39.2 cm³/mol. The van der Waals surface area contributed by atoms with Crippen LogP contribution in [0.3, 0.4) is 0 Å². The Hall–Kier alpha value is 0.0249. The Labute approximate surface area is 53.3 Å². The van der Waals surface area contributed by atoms with Crippen LogP contribution in [0.15, 0.2) is 0 Å². The molecule has 1 nitrogen and oxygen atoms in total. The summed E-state index contributed by atoms with van der Waals surface area (Å²) >= 11 is 0. The van der Waals surface area contributed by atoms with Crippen molar-refractivity contribution in [2.45, 2.75) is 27.1 Å². The fourth-order valence-corrected chi connectivity index (χ4v) is 0.740. The predicted octanol–water partition coefficient (Wildman–Crippen LogP) is 1.39. The van der Waals surface area contributed by atoms with E-state index in [0.717, 1.165) is 19.4 Å². The van der Waals surface area contributed by atoms with Crippen LogP contribution >= 0.6 is 0 Å². The van der Waals surface area contributed by atoms with Crippen LogP contribution in [0.4, 0.5) is 0 Å². The quantitative estimate of drug-likeness (QED) is 0.496. The van der Waals surface area contributed by atoms with Gasteiger partial charge in [-0.15, -0.1) is 0 Å². The summed E-state index contributed by atoms with van der Waals surface area (Å²) in [6.07, 6.45) is 1.15. The SMILES string of the molecule is CC[B]N(CC)CC. The summed E-state index contributed by atoms with van der Waals surface area (Å²) in [5.41, 5.74) is 0. The van der Waals surface area contributed by atoms with Gasteiger partial charge >= 0.3 is 0 Å². The van der Waals surface area contributed by atoms with Crippen LogP contribution in [-0.4, -0.2) is 25.3 Å².